The summed E-state index contributed by atoms with van der Waals surface area (Å²) in [6.07, 6.45) is 7.15. The Morgan fingerprint density at radius 1 is 1.23 bits per heavy atom. The minimum Gasteiger partial charge on any atom is -0.397 e. The number of nitrogens with one attached hydrogen (secondary N) is 1. The molecule has 1 fully saturated rings. The molecule has 5 N–H and O–H groups in total. The zero-order valence-electron chi connectivity index (χ0n) is 18.0. The van der Waals surface area contributed by atoms with Crippen LogP contribution in [0.15, 0.2) is 48.9 Å². The molecule has 7 nitrogen and oxygen atoms in total. The van der Waals surface area contributed by atoms with Gasteiger partial charge in [-0.1, -0.05) is 19.9 Å². The van der Waals surface area contributed by atoms with Crippen molar-refractivity contribution < 1.29 is 0 Å². The number of rotatable bonds is 5. The molecular formula is C24H29N7. The molecule has 4 heterocycles. The Kier molecular flexibility index (Phi) is 5.95. The summed E-state index contributed by atoms with van der Waals surface area (Å²) in [6.45, 7) is 6.04. The lowest BCUT2D eigenvalue weighted by atomic mass is 9.98. The van der Waals surface area contributed by atoms with Gasteiger partial charge in [0.2, 0.25) is 0 Å². The first-order valence-electron chi connectivity index (χ1n) is 10.7. The maximum atomic E-state index is 8.87. The van der Waals surface area contributed by atoms with E-state index in [0.717, 1.165) is 43.0 Å². The van der Waals surface area contributed by atoms with E-state index in [2.05, 4.69) is 34.8 Å². The van der Waals surface area contributed by atoms with E-state index in [1.54, 1.807) is 18.6 Å². The Labute approximate surface area is 183 Å². The first kappa shape index (κ1) is 20.9. The number of hydrogen-bond acceptors (Lipinski definition) is 7. The van der Waals surface area contributed by atoms with Crippen LogP contribution in [0.1, 0.15) is 49.4 Å². The number of aromatic nitrogens is 3. The van der Waals surface area contributed by atoms with Gasteiger partial charge in [-0.25, -0.2) is 4.98 Å². The van der Waals surface area contributed by atoms with E-state index < -0.39 is 0 Å². The predicted octanol–water partition coefficient (Wildman–Crippen LogP) is 3.59. The van der Waals surface area contributed by atoms with Gasteiger partial charge in [-0.15, -0.1) is 0 Å². The number of nitrogens with zero attached hydrogens (tertiary/aromatic N) is 4. The second-order valence-electron chi connectivity index (χ2n) is 8.39. The summed E-state index contributed by atoms with van der Waals surface area (Å²) < 4.78 is 0. The molecule has 1 unspecified atom stereocenters. The lowest BCUT2D eigenvalue weighted by Crippen LogP contribution is -2.43. The fraction of sp³-hybridized carbons (Fsp3) is 0.333. The van der Waals surface area contributed by atoms with Gasteiger partial charge in [0, 0.05) is 42.7 Å². The number of nitrogens with two attached hydrogens (primary N) is 2. The van der Waals surface area contributed by atoms with Gasteiger partial charge in [-0.2, -0.15) is 0 Å². The molecule has 7 heteroatoms. The van der Waals surface area contributed by atoms with E-state index in [1.807, 2.05) is 24.3 Å². The second kappa shape index (κ2) is 8.81. The number of piperidine rings is 1. The molecule has 0 spiro atoms. The Hall–Kier alpha value is -3.32. The molecule has 3 aromatic heterocycles. The molecule has 0 aromatic carbocycles. The third-order valence-corrected chi connectivity index (χ3v) is 5.70. The van der Waals surface area contributed by atoms with Gasteiger partial charge >= 0.3 is 0 Å². The largest absolute Gasteiger partial charge is 0.397 e. The maximum absolute atomic E-state index is 8.87. The van der Waals surface area contributed by atoms with Crippen molar-refractivity contribution in [3.05, 3.63) is 65.7 Å². The fourth-order valence-electron chi connectivity index (χ4n) is 4.00. The Morgan fingerprint density at radius 3 is 2.77 bits per heavy atom. The van der Waals surface area contributed by atoms with E-state index in [9.17, 15) is 0 Å². The van der Waals surface area contributed by atoms with Crippen LogP contribution in [0.4, 0.5) is 11.5 Å². The highest BCUT2D eigenvalue weighted by Gasteiger charge is 2.23. The molecule has 0 saturated carbocycles. The van der Waals surface area contributed by atoms with Crippen molar-refractivity contribution in [1.29, 1.82) is 5.41 Å². The van der Waals surface area contributed by atoms with E-state index in [4.69, 9.17) is 21.9 Å². The molecule has 1 aliphatic rings. The summed E-state index contributed by atoms with van der Waals surface area (Å²) >= 11 is 0. The number of anilines is 2. The smallest absolute Gasteiger partial charge is 0.132 e. The highest BCUT2D eigenvalue weighted by molar-refractivity contribution is 6.13. The highest BCUT2D eigenvalue weighted by atomic mass is 15.2. The zero-order valence-corrected chi connectivity index (χ0v) is 18.0. The molecule has 0 radical (unpaired) electrons. The Balaban J connectivity index is 1.73. The third kappa shape index (κ3) is 4.41. The lowest BCUT2D eigenvalue weighted by molar-refractivity contribution is 0.501. The normalized spacial score (nSPS) is 16.5. The minimum atomic E-state index is 0.150. The van der Waals surface area contributed by atoms with Crippen LogP contribution in [0.25, 0.3) is 11.3 Å². The van der Waals surface area contributed by atoms with E-state index in [0.29, 0.717) is 22.9 Å². The molecule has 1 aliphatic heterocycles. The van der Waals surface area contributed by atoms with Gasteiger partial charge in [0.05, 0.1) is 29.0 Å². The van der Waals surface area contributed by atoms with Crippen molar-refractivity contribution in [2.75, 3.05) is 23.7 Å². The summed E-state index contributed by atoms with van der Waals surface area (Å²) in [4.78, 5) is 15.8. The van der Waals surface area contributed by atoms with Crippen LogP contribution < -0.4 is 16.4 Å². The Bertz CT molecular complexity index is 1080. The monoisotopic (exact) mass is 415 g/mol. The molecular weight excluding hydrogens is 386 g/mol. The standard InChI is InChI=1S/C24H29N7/c1-15(2)18-7-8-21(30-24(18)31-10-4-6-17(25)14-31)23(27)19-11-22(29-13-20(19)26)16-5-3-9-28-12-16/h3,5,7-9,11-13,15,17,27H,4,6,10,14,25-26H2,1-2H3. The lowest BCUT2D eigenvalue weighted by Gasteiger charge is -2.34. The predicted molar refractivity (Wildman–Crippen MR) is 126 cm³/mol. The molecule has 0 bridgehead atoms. The van der Waals surface area contributed by atoms with Crippen LogP contribution in [-0.2, 0) is 0 Å². The first-order chi connectivity index (χ1) is 14.9. The molecule has 1 saturated heterocycles. The van der Waals surface area contributed by atoms with Crippen molar-refractivity contribution >= 4 is 17.2 Å². The first-order valence-corrected chi connectivity index (χ1v) is 10.7. The summed E-state index contributed by atoms with van der Waals surface area (Å²) in [7, 11) is 0. The van der Waals surface area contributed by atoms with Crippen molar-refractivity contribution in [1.82, 2.24) is 15.0 Å². The quantitative estimate of drug-likeness (QED) is 0.548. The van der Waals surface area contributed by atoms with E-state index in [-0.39, 0.29) is 11.8 Å². The fourth-order valence-corrected chi connectivity index (χ4v) is 4.00. The van der Waals surface area contributed by atoms with Gasteiger partial charge in [-0.05, 0) is 48.6 Å². The van der Waals surface area contributed by atoms with Gasteiger partial charge < -0.3 is 16.4 Å². The van der Waals surface area contributed by atoms with Crippen LogP contribution in [0, 0.1) is 5.41 Å². The van der Waals surface area contributed by atoms with Gasteiger partial charge in [0.15, 0.2) is 0 Å². The van der Waals surface area contributed by atoms with Crippen LogP contribution >= 0.6 is 0 Å². The molecule has 1 atom stereocenters. The molecule has 0 amide bonds. The summed E-state index contributed by atoms with van der Waals surface area (Å²) in [5.41, 5.74) is 17.1. The van der Waals surface area contributed by atoms with E-state index in [1.165, 1.54) is 5.56 Å². The van der Waals surface area contributed by atoms with Crippen LogP contribution in [0.3, 0.4) is 0 Å². The van der Waals surface area contributed by atoms with Gasteiger partial charge in [-0.3, -0.25) is 15.4 Å². The molecule has 0 aliphatic carbocycles. The minimum absolute atomic E-state index is 0.150. The summed E-state index contributed by atoms with van der Waals surface area (Å²) in [5, 5.41) is 8.87. The highest BCUT2D eigenvalue weighted by Crippen LogP contribution is 2.29. The third-order valence-electron chi connectivity index (χ3n) is 5.70. The van der Waals surface area contributed by atoms with Crippen molar-refractivity contribution in [2.45, 2.75) is 38.6 Å². The second-order valence-corrected chi connectivity index (χ2v) is 8.39. The number of nitrogen functional groups attached to an aromatic ring is 1. The van der Waals surface area contributed by atoms with Crippen LogP contribution in [-0.4, -0.2) is 39.8 Å². The number of hydrogen-bond donors (Lipinski definition) is 3. The van der Waals surface area contributed by atoms with Crippen LogP contribution in [0.2, 0.25) is 0 Å². The molecule has 4 rings (SSSR count). The van der Waals surface area contributed by atoms with Crippen molar-refractivity contribution in [3.63, 3.8) is 0 Å². The van der Waals surface area contributed by atoms with Crippen LogP contribution in [0.5, 0.6) is 0 Å². The van der Waals surface area contributed by atoms with Gasteiger partial charge in [0.25, 0.3) is 0 Å². The molecule has 160 valence electrons. The van der Waals surface area contributed by atoms with Crippen molar-refractivity contribution in [3.8, 4) is 11.3 Å². The summed E-state index contributed by atoms with van der Waals surface area (Å²) in [5.74, 6) is 1.25. The average molecular weight is 416 g/mol. The molecule has 31 heavy (non-hydrogen) atoms. The van der Waals surface area contributed by atoms with Crippen molar-refractivity contribution in [2.24, 2.45) is 5.73 Å². The zero-order chi connectivity index (χ0) is 22.0. The molecule has 3 aromatic rings. The van der Waals surface area contributed by atoms with Gasteiger partial charge in [0.1, 0.15) is 5.82 Å². The topological polar surface area (TPSA) is 118 Å². The summed E-state index contributed by atoms with van der Waals surface area (Å²) in [6, 6.07) is 9.78. The average Bonchev–Trinajstić information content (AvgIpc) is 2.79. The Morgan fingerprint density at radius 2 is 2.06 bits per heavy atom. The van der Waals surface area contributed by atoms with E-state index >= 15 is 0 Å². The number of pyridine rings is 3. The SMILES string of the molecule is CC(C)c1ccc(C(=N)c2cc(-c3cccnc3)ncc2N)nc1N1CCCC(N)C1. The maximum Gasteiger partial charge on any atom is 0.132 e.